The molecule has 0 bridgehead atoms. The Balaban J connectivity index is 2.23. The van der Waals surface area contributed by atoms with Crippen LogP contribution in [0.15, 0.2) is 39.9 Å². The van der Waals surface area contributed by atoms with Crippen LogP contribution in [0.4, 0.5) is 5.69 Å². The third-order valence-electron chi connectivity index (χ3n) is 2.90. The first kappa shape index (κ1) is 13.1. The normalized spacial score (nSPS) is 11.6. The Labute approximate surface area is 111 Å². The summed E-state index contributed by atoms with van der Waals surface area (Å²) in [6.45, 7) is 1.74. The molecule has 2 aromatic rings. The minimum atomic E-state index is -3.26. The van der Waals surface area contributed by atoms with Crippen molar-refractivity contribution < 1.29 is 8.42 Å². The molecule has 96 valence electrons. The van der Waals surface area contributed by atoms with E-state index >= 15 is 0 Å². The second-order valence-electron chi connectivity index (χ2n) is 4.17. The van der Waals surface area contributed by atoms with Gasteiger partial charge in [0, 0.05) is 5.69 Å². The second kappa shape index (κ2) is 5.12. The molecule has 1 aromatic heterocycles. The maximum absolute atomic E-state index is 12.2. The lowest BCUT2D eigenvalue weighted by molar-refractivity contribution is 0.595. The van der Waals surface area contributed by atoms with Crippen molar-refractivity contribution in [1.82, 2.24) is 0 Å². The number of aryl methyl sites for hydroxylation is 1. The molecule has 0 saturated heterocycles. The van der Waals surface area contributed by atoms with Gasteiger partial charge >= 0.3 is 0 Å². The van der Waals surface area contributed by atoms with Gasteiger partial charge in [0.15, 0.2) is 9.84 Å². The van der Waals surface area contributed by atoms with E-state index in [1.807, 2.05) is 16.8 Å². The molecule has 0 aliphatic heterocycles. The highest BCUT2D eigenvalue weighted by Crippen LogP contribution is 2.22. The summed E-state index contributed by atoms with van der Waals surface area (Å²) >= 11 is 1.58. The Kier molecular flexibility index (Phi) is 3.73. The molecule has 0 radical (unpaired) electrons. The van der Waals surface area contributed by atoms with Crippen LogP contribution >= 0.6 is 11.3 Å². The molecule has 0 saturated carbocycles. The third-order valence-corrected chi connectivity index (χ3v) is 5.49. The van der Waals surface area contributed by atoms with Crippen molar-refractivity contribution in [2.45, 2.75) is 18.2 Å². The van der Waals surface area contributed by atoms with Crippen molar-refractivity contribution in [3.05, 3.63) is 46.2 Å². The van der Waals surface area contributed by atoms with E-state index in [0.29, 0.717) is 22.6 Å². The lowest BCUT2D eigenvalue weighted by Gasteiger charge is -2.09. The zero-order valence-electron chi connectivity index (χ0n) is 10.1. The van der Waals surface area contributed by atoms with Gasteiger partial charge in [-0.1, -0.05) is 6.07 Å². The first-order chi connectivity index (χ1) is 8.50. The van der Waals surface area contributed by atoms with Crippen molar-refractivity contribution in [2.24, 2.45) is 0 Å². The zero-order chi connectivity index (χ0) is 13.2. The summed E-state index contributed by atoms with van der Waals surface area (Å²) < 4.78 is 24.5. The van der Waals surface area contributed by atoms with E-state index in [9.17, 15) is 8.42 Å². The van der Waals surface area contributed by atoms with Gasteiger partial charge in [0.1, 0.15) is 0 Å². The molecule has 2 N–H and O–H groups in total. The van der Waals surface area contributed by atoms with Crippen molar-refractivity contribution in [3.8, 4) is 0 Å². The van der Waals surface area contributed by atoms with Crippen LogP contribution in [0.3, 0.4) is 0 Å². The van der Waals surface area contributed by atoms with Gasteiger partial charge in [-0.3, -0.25) is 0 Å². The fourth-order valence-corrected chi connectivity index (χ4v) is 4.06. The topological polar surface area (TPSA) is 60.2 Å². The lowest BCUT2D eigenvalue weighted by atomic mass is 10.2. The largest absolute Gasteiger partial charge is 0.398 e. The van der Waals surface area contributed by atoms with Gasteiger partial charge < -0.3 is 5.73 Å². The summed E-state index contributed by atoms with van der Waals surface area (Å²) in [6, 6.07) is 6.97. The van der Waals surface area contributed by atoms with Crippen LogP contribution in [0.2, 0.25) is 0 Å². The number of nitrogen functional groups attached to an aromatic ring is 1. The fraction of sp³-hybridized carbons (Fsp3) is 0.231. The van der Waals surface area contributed by atoms with Crippen molar-refractivity contribution >= 4 is 26.9 Å². The molecule has 0 unspecified atom stereocenters. The summed E-state index contributed by atoms with van der Waals surface area (Å²) in [6.07, 6.45) is 0.542. The monoisotopic (exact) mass is 281 g/mol. The van der Waals surface area contributed by atoms with Crippen molar-refractivity contribution in [3.63, 3.8) is 0 Å². The highest BCUT2D eigenvalue weighted by molar-refractivity contribution is 7.91. The minimum Gasteiger partial charge on any atom is -0.398 e. The van der Waals surface area contributed by atoms with Crippen LogP contribution in [0.5, 0.6) is 0 Å². The van der Waals surface area contributed by atoms with E-state index in [-0.39, 0.29) is 5.75 Å². The SMILES string of the molecule is Cc1c(N)cccc1S(=O)(=O)CCc1ccsc1. The molecule has 18 heavy (non-hydrogen) atoms. The van der Waals surface area contributed by atoms with Gasteiger partial charge in [-0.25, -0.2) is 8.42 Å². The van der Waals surface area contributed by atoms with E-state index in [1.165, 1.54) is 0 Å². The lowest BCUT2D eigenvalue weighted by Crippen LogP contribution is -2.11. The van der Waals surface area contributed by atoms with Crippen LogP contribution in [0, 0.1) is 6.92 Å². The fourth-order valence-electron chi connectivity index (χ4n) is 1.77. The third kappa shape index (κ3) is 2.73. The zero-order valence-corrected chi connectivity index (χ0v) is 11.7. The number of rotatable bonds is 4. The number of hydrogen-bond acceptors (Lipinski definition) is 4. The summed E-state index contributed by atoms with van der Waals surface area (Å²) in [5.41, 5.74) is 7.97. The Morgan fingerprint density at radius 2 is 2.06 bits per heavy atom. The molecular formula is C13H15NO2S2. The number of nitrogens with two attached hydrogens (primary N) is 1. The molecule has 0 amide bonds. The highest BCUT2D eigenvalue weighted by Gasteiger charge is 2.17. The van der Waals surface area contributed by atoms with Crippen LogP contribution in [0.25, 0.3) is 0 Å². The molecular weight excluding hydrogens is 266 g/mol. The summed E-state index contributed by atoms with van der Waals surface area (Å²) in [5.74, 6) is 0.119. The van der Waals surface area contributed by atoms with E-state index in [2.05, 4.69) is 0 Å². The molecule has 0 spiro atoms. The van der Waals surface area contributed by atoms with Crippen LogP contribution in [0.1, 0.15) is 11.1 Å². The van der Waals surface area contributed by atoms with E-state index < -0.39 is 9.84 Å². The van der Waals surface area contributed by atoms with Crippen LogP contribution in [-0.2, 0) is 16.3 Å². The molecule has 3 nitrogen and oxygen atoms in total. The molecule has 0 aliphatic carbocycles. The van der Waals surface area contributed by atoms with Gasteiger partial charge in [0.05, 0.1) is 10.6 Å². The molecule has 2 rings (SSSR count). The molecule has 0 atom stereocenters. The number of thiophene rings is 1. The maximum atomic E-state index is 12.2. The minimum absolute atomic E-state index is 0.119. The first-order valence-electron chi connectivity index (χ1n) is 5.59. The van der Waals surface area contributed by atoms with Crippen molar-refractivity contribution in [2.75, 3.05) is 11.5 Å². The van der Waals surface area contributed by atoms with Gasteiger partial charge in [0.25, 0.3) is 0 Å². The Morgan fingerprint density at radius 1 is 1.28 bits per heavy atom. The summed E-state index contributed by atoms with van der Waals surface area (Å²) in [5, 5.41) is 3.93. The smallest absolute Gasteiger partial charge is 0.179 e. The average Bonchev–Trinajstić information content (AvgIpc) is 2.83. The van der Waals surface area contributed by atoms with Crippen molar-refractivity contribution in [1.29, 1.82) is 0 Å². The molecule has 0 aliphatic rings. The maximum Gasteiger partial charge on any atom is 0.179 e. The molecule has 5 heteroatoms. The molecule has 1 aromatic carbocycles. The second-order valence-corrected chi connectivity index (χ2v) is 7.03. The molecule has 0 fully saturated rings. The molecule has 1 heterocycles. The van der Waals surface area contributed by atoms with Gasteiger partial charge in [-0.15, -0.1) is 0 Å². The van der Waals surface area contributed by atoms with Crippen LogP contribution in [-0.4, -0.2) is 14.2 Å². The van der Waals surface area contributed by atoms with Gasteiger partial charge in [0.2, 0.25) is 0 Å². The average molecular weight is 281 g/mol. The predicted molar refractivity (Wildman–Crippen MR) is 75.7 cm³/mol. The Bertz CT molecular complexity index is 631. The van der Waals surface area contributed by atoms with E-state index in [0.717, 1.165) is 5.56 Å². The number of anilines is 1. The number of hydrogen-bond donors (Lipinski definition) is 1. The Hall–Kier alpha value is -1.33. The quantitative estimate of drug-likeness (QED) is 0.876. The van der Waals surface area contributed by atoms with E-state index in [1.54, 1.807) is 36.5 Å². The Morgan fingerprint density at radius 3 is 2.72 bits per heavy atom. The standard InChI is InChI=1S/C13H15NO2S2/c1-10-12(14)3-2-4-13(10)18(15,16)8-6-11-5-7-17-9-11/h2-5,7,9H,6,8,14H2,1H3. The first-order valence-corrected chi connectivity index (χ1v) is 8.19. The van der Waals surface area contributed by atoms with E-state index in [4.69, 9.17) is 5.73 Å². The van der Waals surface area contributed by atoms with Crippen LogP contribution < -0.4 is 5.73 Å². The summed E-state index contributed by atoms with van der Waals surface area (Å²) in [7, 11) is -3.26. The predicted octanol–water partition coefficient (Wildman–Crippen LogP) is 2.66. The number of benzene rings is 1. The van der Waals surface area contributed by atoms with Gasteiger partial charge in [-0.05, 0) is 53.4 Å². The highest BCUT2D eigenvalue weighted by atomic mass is 32.2. The van der Waals surface area contributed by atoms with Gasteiger partial charge in [-0.2, -0.15) is 11.3 Å². The number of sulfone groups is 1. The summed E-state index contributed by atoms with van der Waals surface area (Å²) in [4.78, 5) is 0.345.